The van der Waals surface area contributed by atoms with Crippen molar-refractivity contribution in [1.29, 1.82) is 0 Å². The number of hydrogen-bond acceptors (Lipinski definition) is 5. The second kappa shape index (κ2) is 8.43. The van der Waals surface area contributed by atoms with E-state index in [9.17, 15) is 14.4 Å². The van der Waals surface area contributed by atoms with Crippen molar-refractivity contribution >= 4 is 45.4 Å². The summed E-state index contributed by atoms with van der Waals surface area (Å²) < 4.78 is 10.8. The lowest BCUT2D eigenvalue weighted by molar-refractivity contribution is -0.148. The summed E-state index contributed by atoms with van der Waals surface area (Å²) >= 11 is 3.15. The maximum absolute atomic E-state index is 12.1. The molecular formula is C18H16BrNO5. The second-order valence-electron chi connectivity index (χ2n) is 5.18. The Balaban J connectivity index is 1.91. The first kappa shape index (κ1) is 18.7. The van der Waals surface area contributed by atoms with Crippen LogP contribution in [0.1, 0.15) is 30.0 Å². The number of ether oxygens (including phenoxy) is 1. The number of furan rings is 1. The first-order valence-corrected chi connectivity index (χ1v) is 8.20. The molecule has 1 atom stereocenters. The Labute approximate surface area is 153 Å². The van der Waals surface area contributed by atoms with Crippen LogP contribution in [0.3, 0.4) is 0 Å². The summed E-state index contributed by atoms with van der Waals surface area (Å²) in [4.78, 5) is 35.2. The predicted octanol–water partition coefficient (Wildman–Crippen LogP) is 3.83. The van der Waals surface area contributed by atoms with E-state index in [0.29, 0.717) is 21.7 Å². The first-order valence-electron chi connectivity index (χ1n) is 7.41. The van der Waals surface area contributed by atoms with Crippen molar-refractivity contribution in [2.45, 2.75) is 20.0 Å². The third-order valence-electron chi connectivity index (χ3n) is 3.18. The minimum absolute atomic E-state index is 0.106. The summed E-state index contributed by atoms with van der Waals surface area (Å²) in [5.74, 6) is -0.803. The van der Waals surface area contributed by atoms with E-state index in [1.165, 1.54) is 26.0 Å². The number of halogens is 1. The van der Waals surface area contributed by atoms with Gasteiger partial charge in [0.1, 0.15) is 5.76 Å². The highest BCUT2D eigenvalue weighted by atomic mass is 79.9. The summed E-state index contributed by atoms with van der Waals surface area (Å²) in [5.41, 5.74) is 0.937. The molecule has 0 spiro atoms. The number of ketones is 1. The number of carbonyl (C=O) groups excluding carboxylic acids is 3. The Morgan fingerprint density at radius 2 is 2.00 bits per heavy atom. The summed E-state index contributed by atoms with van der Waals surface area (Å²) in [7, 11) is 0. The zero-order valence-electron chi connectivity index (χ0n) is 13.6. The van der Waals surface area contributed by atoms with Gasteiger partial charge in [0.05, 0.1) is 0 Å². The van der Waals surface area contributed by atoms with Crippen LogP contribution in [0.25, 0.3) is 6.08 Å². The highest BCUT2D eigenvalue weighted by Crippen LogP contribution is 2.15. The van der Waals surface area contributed by atoms with Gasteiger partial charge in [0.25, 0.3) is 5.91 Å². The quantitative estimate of drug-likeness (QED) is 0.448. The molecule has 0 saturated carbocycles. The molecule has 25 heavy (non-hydrogen) atoms. The molecule has 0 bridgehead atoms. The molecule has 0 aliphatic rings. The number of hydrogen-bond donors (Lipinski definition) is 1. The standard InChI is InChI=1S/C18H16BrNO5/c1-11(21)13-4-3-5-14(10-13)20-18(23)12(2)24-17(22)9-7-15-6-8-16(19)25-15/h3-10,12H,1-2H3,(H,20,23)/b9-7+/t12-/m0/s1. The van der Waals surface area contributed by atoms with Crippen LogP contribution < -0.4 is 5.32 Å². The van der Waals surface area contributed by atoms with Crippen molar-refractivity contribution in [2.24, 2.45) is 0 Å². The van der Waals surface area contributed by atoms with E-state index < -0.39 is 18.0 Å². The zero-order valence-corrected chi connectivity index (χ0v) is 15.2. The molecule has 0 radical (unpaired) electrons. The van der Waals surface area contributed by atoms with Gasteiger partial charge >= 0.3 is 5.97 Å². The highest BCUT2D eigenvalue weighted by molar-refractivity contribution is 9.10. The van der Waals surface area contributed by atoms with Crippen LogP contribution >= 0.6 is 15.9 Å². The number of rotatable bonds is 6. The van der Waals surface area contributed by atoms with Gasteiger partial charge in [0.2, 0.25) is 0 Å². The fourth-order valence-electron chi connectivity index (χ4n) is 1.89. The van der Waals surface area contributed by atoms with Gasteiger partial charge in [-0.3, -0.25) is 9.59 Å². The average molecular weight is 406 g/mol. The molecule has 0 saturated heterocycles. The Morgan fingerprint density at radius 1 is 1.24 bits per heavy atom. The summed E-state index contributed by atoms with van der Waals surface area (Å²) in [5, 5.41) is 2.60. The van der Waals surface area contributed by atoms with Crippen molar-refractivity contribution in [1.82, 2.24) is 0 Å². The Kier molecular flexibility index (Phi) is 6.30. The van der Waals surface area contributed by atoms with Crippen LogP contribution in [0.4, 0.5) is 5.69 Å². The van der Waals surface area contributed by atoms with E-state index >= 15 is 0 Å². The lowest BCUT2D eigenvalue weighted by Gasteiger charge is -2.12. The molecule has 0 aliphatic heterocycles. The number of carbonyl (C=O) groups is 3. The SMILES string of the molecule is CC(=O)c1cccc(NC(=O)[C@H](C)OC(=O)/C=C/c2ccc(Br)o2)c1. The molecule has 1 aromatic carbocycles. The fourth-order valence-corrected chi connectivity index (χ4v) is 2.21. The average Bonchev–Trinajstić information content (AvgIpc) is 2.98. The minimum atomic E-state index is -0.999. The smallest absolute Gasteiger partial charge is 0.331 e. The van der Waals surface area contributed by atoms with Gasteiger partial charge in [-0.05, 0) is 60.1 Å². The maximum atomic E-state index is 12.1. The zero-order chi connectivity index (χ0) is 18.4. The van der Waals surface area contributed by atoms with Gasteiger partial charge in [-0.25, -0.2) is 4.79 Å². The van der Waals surface area contributed by atoms with Crippen molar-refractivity contribution in [3.05, 3.63) is 58.5 Å². The number of amides is 1. The van der Waals surface area contributed by atoms with E-state index in [-0.39, 0.29) is 5.78 Å². The van der Waals surface area contributed by atoms with Gasteiger partial charge in [0.15, 0.2) is 16.6 Å². The van der Waals surface area contributed by atoms with E-state index in [0.717, 1.165) is 0 Å². The van der Waals surface area contributed by atoms with E-state index in [1.807, 2.05) is 0 Å². The van der Waals surface area contributed by atoms with Crippen LogP contribution in [0.2, 0.25) is 0 Å². The van der Waals surface area contributed by atoms with Gasteiger partial charge in [-0.1, -0.05) is 12.1 Å². The number of esters is 1. The topological polar surface area (TPSA) is 85.6 Å². The molecule has 1 heterocycles. The third-order valence-corrected chi connectivity index (χ3v) is 3.60. The Morgan fingerprint density at radius 3 is 2.64 bits per heavy atom. The van der Waals surface area contributed by atoms with E-state index in [1.54, 1.807) is 36.4 Å². The van der Waals surface area contributed by atoms with Crippen LogP contribution in [0.15, 0.2) is 51.6 Å². The predicted molar refractivity (Wildman–Crippen MR) is 96.1 cm³/mol. The second-order valence-corrected chi connectivity index (χ2v) is 5.96. The molecule has 7 heteroatoms. The summed E-state index contributed by atoms with van der Waals surface area (Å²) in [6.45, 7) is 2.90. The maximum Gasteiger partial charge on any atom is 0.331 e. The van der Waals surface area contributed by atoms with Crippen molar-refractivity contribution < 1.29 is 23.5 Å². The molecule has 6 nitrogen and oxygen atoms in total. The van der Waals surface area contributed by atoms with E-state index in [4.69, 9.17) is 9.15 Å². The highest BCUT2D eigenvalue weighted by Gasteiger charge is 2.17. The van der Waals surface area contributed by atoms with Crippen LogP contribution in [0, 0.1) is 0 Å². The van der Waals surface area contributed by atoms with Crippen LogP contribution in [0.5, 0.6) is 0 Å². The van der Waals surface area contributed by atoms with Gasteiger partial charge < -0.3 is 14.5 Å². The lowest BCUT2D eigenvalue weighted by Crippen LogP contribution is -2.29. The molecule has 1 N–H and O–H groups in total. The third kappa shape index (κ3) is 5.72. The van der Waals surface area contributed by atoms with Crippen molar-refractivity contribution in [2.75, 3.05) is 5.32 Å². The molecule has 2 rings (SSSR count). The fraction of sp³-hybridized carbons (Fsp3) is 0.167. The molecular weight excluding hydrogens is 390 g/mol. The van der Waals surface area contributed by atoms with Crippen molar-refractivity contribution in [3.63, 3.8) is 0 Å². The monoisotopic (exact) mass is 405 g/mol. The van der Waals surface area contributed by atoms with Crippen LogP contribution in [-0.2, 0) is 14.3 Å². The van der Waals surface area contributed by atoms with Gasteiger partial charge in [0, 0.05) is 17.3 Å². The van der Waals surface area contributed by atoms with E-state index in [2.05, 4.69) is 21.2 Å². The molecule has 0 unspecified atom stereocenters. The molecule has 130 valence electrons. The van der Waals surface area contributed by atoms with Gasteiger partial charge in [-0.2, -0.15) is 0 Å². The normalized spacial score (nSPS) is 12.0. The molecule has 0 aliphatic carbocycles. The number of anilines is 1. The lowest BCUT2D eigenvalue weighted by atomic mass is 10.1. The summed E-state index contributed by atoms with van der Waals surface area (Å²) in [6.07, 6.45) is 1.61. The molecule has 2 aromatic rings. The number of nitrogens with one attached hydrogen (secondary N) is 1. The minimum Gasteiger partial charge on any atom is -0.450 e. The van der Waals surface area contributed by atoms with Crippen molar-refractivity contribution in [3.8, 4) is 0 Å². The van der Waals surface area contributed by atoms with Gasteiger partial charge in [-0.15, -0.1) is 0 Å². The van der Waals surface area contributed by atoms with Crippen LogP contribution in [-0.4, -0.2) is 23.8 Å². The largest absolute Gasteiger partial charge is 0.450 e. The molecule has 1 amide bonds. The first-order chi connectivity index (χ1) is 11.8. The Bertz CT molecular complexity index is 824. The molecule has 1 aromatic heterocycles. The number of Topliss-reactive ketones (excluding diaryl/α,β-unsaturated/α-hetero) is 1. The summed E-state index contributed by atoms with van der Waals surface area (Å²) in [6, 6.07) is 9.88. The molecule has 0 fully saturated rings. The number of benzene rings is 1. The Hall–Kier alpha value is -2.67.